The third-order valence-electron chi connectivity index (χ3n) is 5.77. The molecule has 33 heavy (non-hydrogen) atoms. The van der Waals surface area contributed by atoms with Crippen LogP contribution in [0.5, 0.6) is 0 Å². The molecule has 1 amide bonds. The minimum absolute atomic E-state index is 0.236. The lowest BCUT2D eigenvalue weighted by Gasteiger charge is -2.23. The number of hydrogen-bond acceptors (Lipinski definition) is 6. The summed E-state index contributed by atoms with van der Waals surface area (Å²) >= 11 is 5.90. The van der Waals surface area contributed by atoms with Gasteiger partial charge in [-0.2, -0.15) is 9.90 Å². The average Bonchev–Trinajstić information content (AvgIpc) is 3.46. The molecular weight excluding hydrogens is 454 g/mol. The quantitative estimate of drug-likeness (QED) is 0.474. The highest BCUT2D eigenvalue weighted by molar-refractivity contribution is 6.29. The van der Waals surface area contributed by atoms with Gasteiger partial charge in [-0.3, -0.25) is 4.79 Å². The van der Waals surface area contributed by atoms with E-state index in [9.17, 15) is 13.6 Å². The van der Waals surface area contributed by atoms with Crippen molar-refractivity contribution in [3.63, 3.8) is 0 Å². The molecule has 5 rings (SSSR count). The smallest absolute Gasteiger partial charge is 0.248 e. The number of amides is 1. The Hall–Kier alpha value is -3.47. The monoisotopic (exact) mass is 472 g/mol. The van der Waals surface area contributed by atoms with Gasteiger partial charge in [-0.05, 0) is 35.2 Å². The van der Waals surface area contributed by atoms with Crippen LogP contribution in [0.25, 0.3) is 17.0 Å². The number of anilines is 1. The molecule has 12 heteroatoms. The first-order chi connectivity index (χ1) is 15.8. The number of carbonyl (C=O) groups excluding carboxylic acids is 1. The van der Waals surface area contributed by atoms with Crippen LogP contribution >= 0.6 is 11.6 Å². The van der Waals surface area contributed by atoms with E-state index in [0.29, 0.717) is 22.6 Å². The van der Waals surface area contributed by atoms with Gasteiger partial charge in [-0.15, -0.1) is 10.2 Å². The number of fused-ring (bicyclic) bond motifs is 1. The molecule has 0 spiro atoms. The Morgan fingerprint density at radius 1 is 1.21 bits per heavy atom. The molecule has 2 atom stereocenters. The van der Waals surface area contributed by atoms with Gasteiger partial charge in [0.25, 0.3) is 0 Å². The molecule has 1 fully saturated rings. The maximum absolute atomic E-state index is 14.0. The largest absolute Gasteiger partial charge is 0.309 e. The van der Waals surface area contributed by atoms with Crippen LogP contribution in [-0.2, 0) is 11.8 Å². The number of hydrogen-bond donors (Lipinski definition) is 1. The van der Waals surface area contributed by atoms with Crippen molar-refractivity contribution in [2.24, 2.45) is 13.0 Å². The van der Waals surface area contributed by atoms with Crippen LogP contribution in [0.3, 0.4) is 0 Å². The van der Waals surface area contributed by atoms with Gasteiger partial charge >= 0.3 is 0 Å². The van der Waals surface area contributed by atoms with Gasteiger partial charge in [-0.1, -0.05) is 35.9 Å². The van der Waals surface area contributed by atoms with E-state index in [2.05, 4.69) is 30.8 Å². The van der Waals surface area contributed by atoms with Crippen molar-refractivity contribution in [2.45, 2.75) is 31.1 Å². The summed E-state index contributed by atoms with van der Waals surface area (Å²) in [6, 6.07) is 10.3. The molecule has 1 saturated carbocycles. The van der Waals surface area contributed by atoms with Gasteiger partial charge in [0.1, 0.15) is 5.15 Å². The molecule has 3 heterocycles. The molecule has 2 unspecified atom stereocenters. The van der Waals surface area contributed by atoms with Crippen molar-refractivity contribution in [2.75, 3.05) is 5.32 Å². The highest BCUT2D eigenvalue weighted by atomic mass is 35.5. The lowest BCUT2D eigenvalue weighted by Crippen LogP contribution is -2.27. The van der Waals surface area contributed by atoms with E-state index in [0.717, 1.165) is 0 Å². The standard InChI is InChI=1S/C21H19ClF2N8O/c1-31-29-19(27-30-31)13-4-2-12(3-5-13)18(14-8-9-21(23,24)10-14)20(33)26-16-11-32-17(25-16)7-6-15(22)28-32/h2-7,11,14,18H,8-10H2,1H3,(H,26,33). The summed E-state index contributed by atoms with van der Waals surface area (Å²) in [7, 11) is 1.66. The summed E-state index contributed by atoms with van der Waals surface area (Å²) in [6.45, 7) is 0. The van der Waals surface area contributed by atoms with E-state index in [-0.39, 0.29) is 30.2 Å². The predicted molar refractivity (Wildman–Crippen MR) is 116 cm³/mol. The fourth-order valence-corrected chi connectivity index (χ4v) is 4.41. The number of carbonyl (C=O) groups is 1. The first kappa shape index (κ1) is 21.4. The summed E-state index contributed by atoms with van der Waals surface area (Å²) in [5.74, 6) is -3.76. The zero-order valence-electron chi connectivity index (χ0n) is 17.5. The number of imidazole rings is 1. The minimum atomic E-state index is -2.78. The topological polar surface area (TPSA) is 103 Å². The van der Waals surface area contributed by atoms with Crippen molar-refractivity contribution in [1.29, 1.82) is 0 Å². The third-order valence-corrected chi connectivity index (χ3v) is 5.97. The Morgan fingerprint density at radius 3 is 2.67 bits per heavy atom. The zero-order valence-corrected chi connectivity index (χ0v) is 18.2. The lowest BCUT2D eigenvalue weighted by atomic mass is 9.83. The number of halogens is 3. The van der Waals surface area contributed by atoms with Crippen LogP contribution in [0.4, 0.5) is 14.6 Å². The van der Waals surface area contributed by atoms with Gasteiger partial charge in [-0.25, -0.2) is 18.3 Å². The first-order valence-electron chi connectivity index (χ1n) is 10.3. The molecule has 4 aromatic rings. The Bertz CT molecular complexity index is 1320. The summed E-state index contributed by atoms with van der Waals surface area (Å²) < 4.78 is 29.5. The normalized spacial score (nSPS) is 18.5. The van der Waals surface area contributed by atoms with Gasteiger partial charge in [0.2, 0.25) is 17.7 Å². The van der Waals surface area contributed by atoms with Gasteiger partial charge in [0.15, 0.2) is 11.5 Å². The fraction of sp³-hybridized carbons (Fsp3) is 0.333. The van der Waals surface area contributed by atoms with Crippen molar-refractivity contribution in [3.05, 3.63) is 53.3 Å². The number of nitrogens with zero attached hydrogens (tertiary/aromatic N) is 7. The predicted octanol–water partition coefficient (Wildman–Crippen LogP) is 3.73. The number of aryl methyl sites for hydroxylation is 1. The summed E-state index contributed by atoms with van der Waals surface area (Å²) in [4.78, 5) is 19.0. The number of benzene rings is 1. The van der Waals surface area contributed by atoms with Crippen LogP contribution in [0.2, 0.25) is 5.15 Å². The van der Waals surface area contributed by atoms with Crippen LogP contribution in [0, 0.1) is 5.92 Å². The van der Waals surface area contributed by atoms with Crippen molar-refractivity contribution >= 4 is 29.0 Å². The number of alkyl halides is 2. The highest BCUT2D eigenvalue weighted by Gasteiger charge is 2.45. The van der Waals surface area contributed by atoms with E-state index in [1.807, 2.05) is 0 Å². The number of rotatable bonds is 5. The van der Waals surface area contributed by atoms with E-state index < -0.39 is 23.7 Å². The SMILES string of the molecule is Cn1nnc(-c2ccc(C(C(=O)Nc3cn4nc(Cl)ccc4n3)C3CCC(F)(F)C3)cc2)n1. The second kappa shape index (κ2) is 8.14. The van der Waals surface area contributed by atoms with Crippen molar-refractivity contribution < 1.29 is 13.6 Å². The zero-order chi connectivity index (χ0) is 23.2. The second-order valence-corrected chi connectivity index (χ2v) is 8.52. The molecule has 1 aromatic carbocycles. The van der Waals surface area contributed by atoms with Crippen LogP contribution in [0.15, 0.2) is 42.6 Å². The molecule has 1 N–H and O–H groups in total. The molecule has 1 aliphatic carbocycles. The number of nitrogens with one attached hydrogen (secondary N) is 1. The summed E-state index contributed by atoms with van der Waals surface area (Å²) in [5.41, 5.74) is 1.85. The van der Waals surface area contributed by atoms with Gasteiger partial charge in [0, 0.05) is 18.4 Å². The van der Waals surface area contributed by atoms with E-state index >= 15 is 0 Å². The maximum Gasteiger partial charge on any atom is 0.248 e. The van der Waals surface area contributed by atoms with E-state index in [1.54, 1.807) is 43.4 Å². The Balaban J connectivity index is 1.44. The molecular formula is C21H19ClF2N8O. The number of aromatic nitrogens is 7. The van der Waals surface area contributed by atoms with Crippen molar-refractivity contribution in [1.82, 2.24) is 34.8 Å². The molecule has 9 nitrogen and oxygen atoms in total. The summed E-state index contributed by atoms with van der Waals surface area (Å²) in [6.07, 6.45) is 1.20. The third kappa shape index (κ3) is 4.40. The van der Waals surface area contributed by atoms with Gasteiger partial charge in [0.05, 0.1) is 19.2 Å². The lowest BCUT2D eigenvalue weighted by molar-refractivity contribution is -0.118. The van der Waals surface area contributed by atoms with Crippen LogP contribution < -0.4 is 5.32 Å². The number of tetrazole rings is 1. The first-order valence-corrected chi connectivity index (χ1v) is 10.7. The van der Waals surface area contributed by atoms with Crippen LogP contribution in [-0.4, -0.2) is 46.6 Å². The molecule has 1 aliphatic rings. The molecule has 0 radical (unpaired) electrons. The Morgan fingerprint density at radius 2 is 2.00 bits per heavy atom. The Labute approximate surface area is 191 Å². The summed E-state index contributed by atoms with van der Waals surface area (Å²) in [5, 5.41) is 19.1. The molecule has 0 aliphatic heterocycles. The Kier molecular flexibility index (Phi) is 5.28. The fourth-order valence-electron chi connectivity index (χ4n) is 4.27. The van der Waals surface area contributed by atoms with Crippen molar-refractivity contribution in [3.8, 4) is 11.4 Å². The molecule has 3 aromatic heterocycles. The molecule has 170 valence electrons. The second-order valence-electron chi connectivity index (χ2n) is 8.14. The molecule has 0 bridgehead atoms. The average molecular weight is 473 g/mol. The van der Waals surface area contributed by atoms with Crippen LogP contribution in [0.1, 0.15) is 30.7 Å². The molecule has 0 saturated heterocycles. The maximum atomic E-state index is 14.0. The van der Waals surface area contributed by atoms with E-state index in [4.69, 9.17) is 11.6 Å². The highest BCUT2D eigenvalue weighted by Crippen LogP contribution is 2.46. The van der Waals surface area contributed by atoms with E-state index in [1.165, 1.54) is 15.5 Å². The minimum Gasteiger partial charge on any atom is -0.309 e. The van der Waals surface area contributed by atoms with Gasteiger partial charge < -0.3 is 5.32 Å².